The number of nitrogens with one attached hydrogen (secondary N) is 1. The van der Waals surface area contributed by atoms with Crippen molar-refractivity contribution in [3.63, 3.8) is 0 Å². The minimum absolute atomic E-state index is 0.0155. The van der Waals surface area contributed by atoms with Crippen LogP contribution in [0.15, 0.2) is 59.5 Å². The summed E-state index contributed by atoms with van der Waals surface area (Å²) in [6.45, 7) is 4.64. The minimum atomic E-state index is -4.21. The summed E-state index contributed by atoms with van der Waals surface area (Å²) in [5.41, 5.74) is 1.12. The highest BCUT2D eigenvalue weighted by Crippen LogP contribution is 2.19. The zero-order chi connectivity index (χ0) is 23.3. The van der Waals surface area contributed by atoms with E-state index in [0.717, 1.165) is 5.56 Å². The Balaban J connectivity index is 1.88. The predicted octanol–water partition coefficient (Wildman–Crippen LogP) is 1.61. The van der Waals surface area contributed by atoms with Gasteiger partial charge in [-0.1, -0.05) is 42.8 Å². The maximum atomic E-state index is 13.4. The van der Waals surface area contributed by atoms with Crippen LogP contribution < -0.4 is 5.32 Å². The highest BCUT2D eigenvalue weighted by Gasteiger charge is 2.39. The molecule has 1 saturated heterocycles. The van der Waals surface area contributed by atoms with E-state index in [2.05, 4.69) is 5.32 Å². The van der Waals surface area contributed by atoms with Crippen LogP contribution in [0.2, 0.25) is 0 Å². The zero-order valence-electron chi connectivity index (χ0n) is 18.2. The van der Waals surface area contributed by atoms with Crippen LogP contribution in [-0.4, -0.2) is 67.5 Å². The van der Waals surface area contributed by atoms with E-state index >= 15 is 0 Å². The van der Waals surface area contributed by atoms with Crippen molar-refractivity contribution >= 4 is 27.6 Å². The molecule has 2 aromatic rings. The third kappa shape index (κ3) is 5.16. The van der Waals surface area contributed by atoms with Gasteiger partial charge in [0, 0.05) is 38.2 Å². The highest BCUT2D eigenvalue weighted by molar-refractivity contribution is 7.92. The molecule has 2 aromatic carbocycles. The van der Waals surface area contributed by atoms with Crippen LogP contribution in [0, 0.1) is 6.92 Å². The quantitative estimate of drug-likeness (QED) is 0.710. The summed E-state index contributed by atoms with van der Waals surface area (Å²) in [5, 5.41) is 0.658. The molecule has 0 radical (unpaired) electrons. The van der Waals surface area contributed by atoms with Crippen molar-refractivity contribution in [1.82, 2.24) is 15.1 Å². The molecule has 8 nitrogen and oxygen atoms in total. The summed E-state index contributed by atoms with van der Waals surface area (Å²) < 4.78 is 26.8. The van der Waals surface area contributed by atoms with Gasteiger partial charge in [0.25, 0.3) is 11.8 Å². The van der Waals surface area contributed by atoms with Crippen molar-refractivity contribution < 1.29 is 22.8 Å². The molecule has 9 heteroatoms. The van der Waals surface area contributed by atoms with Crippen LogP contribution in [0.5, 0.6) is 0 Å². The van der Waals surface area contributed by atoms with E-state index in [9.17, 15) is 22.8 Å². The smallest absolute Gasteiger partial charge is 0.261 e. The number of hydrogen-bond donors (Lipinski definition) is 1. The first-order valence-corrected chi connectivity index (χ1v) is 12.0. The average molecular weight is 458 g/mol. The Bertz CT molecular complexity index is 1080. The van der Waals surface area contributed by atoms with Crippen molar-refractivity contribution in [1.29, 1.82) is 0 Å². The maximum Gasteiger partial charge on any atom is 0.261 e. The number of rotatable bonds is 6. The van der Waals surface area contributed by atoms with Gasteiger partial charge in [-0.2, -0.15) is 0 Å². The molecule has 1 fully saturated rings. The monoisotopic (exact) mass is 457 g/mol. The van der Waals surface area contributed by atoms with Gasteiger partial charge in [0.05, 0.1) is 4.90 Å². The number of hydrogen-bond acceptors (Lipinski definition) is 5. The Morgan fingerprint density at radius 1 is 0.906 bits per heavy atom. The molecular weight excluding hydrogens is 430 g/mol. The van der Waals surface area contributed by atoms with E-state index in [1.165, 1.54) is 17.0 Å². The van der Waals surface area contributed by atoms with Gasteiger partial charge in [0.2, 0.25) is 21.1 Å². The van der Waals surface area contributed by atoms with Crippen LogP contribution >= 0.6 is 0 Å². The Morgan fingerprint density at radius 2 is 1.47 bits per heavy atom. The molecular formula is C23H27N3O5S. The third-order valence-corrected chi connectivity index (χ3v) is 7.30. The number of aryl methyl sites for hydroxylation is 1. The van der Waals surface area contributed by atoms with E-state index in [4.69, 9.17) is 0 Å². The Morgan fingerprint density at radius 3 is 2.03 bits per heavy atom. The predicted molar refractivity (Wildman–Crippen MR) is 120 cm³/mol. The lowest BCUT2D eigenvalue weighted by Crippen LogP contribution is -2.57. The summed E-state index contributed by atoms with van der Waals surface area (Å²) in [6.07, 6.45) is 0.367. The van der Waals surface area contributed by atoms with Crippen LogP contribution in [0.1, 0.15) is 29.3 Å². The number of carbonyl (C=O) groups is 3. The van der Waals surface area contributed by atoms with Gasteiger partial charge in [0.1, 0.15) is 0 Å². The fourth-order valence-corrected chi connectivity index (χ4v) is 4.96. The standard InChI is InChI=1S/C23H27N3O5S/c1-3-20(27)25-13-15-26(16-14-25)23(29)22(24-21(28)18-7-5-4-6-8-18)32(30,31)19-11-9-17(2)10-12-19/h4-12,22H,3,13-16H2,1-2H3,(H,24,28). The fourth-order valence-electron chi connectivity index (χ4n) is 3.49. The van der Waals surface area contributed by atoms with Crippen molar-refractivity contribution in [2.24, 2.45) is 0 Å². The molecule has 3 amide bonds. The molecule has 1 aliphatic rings. The van der Waals surface area contributed by atoms with E-state index in [1.807, 2.05) is 6.92 Å². The molecule has 3 rings (SSSR count). The van der Waals surface area contributed by atoms with Crippen LogP contribution in [0.25, 0.3) is 0 Å². The van der Waals surface area contributed by atoms with Crippen molar-refractivity contribution in [2.45, 2.75) is 30.5 Å². The zero-order valence-corrected chi connectivity index (χ0v) is 19.0. The van der Waals surface area contributed by atoms with E-state index in [0.29, 0.717) is 19.5 Å². The van der Waals surface area contributed by atoms with Gasteiger partial charge >= 0.3 is 0 Å². The largest absolute Gasteiger partial charge is 0.339 e. The molecule has 1 heterocycles. The third-order valence-electron chi connectivity index (χ3n) is 5.43. The van der Waals surface area contributed by atoms with Crippen LogP contribution in [-0.2, 0) is 19.4 Å². The molecule has 32 heavy (non-hydrogen) atoms. The van der Waals surface area contributed by atoms with Gasteiger partial charge in [-0.05, 0) is 31.2 Å². The van der Waals surface area contributed by atoms with Crippen molar-refractivity contribution in [3.05, 3.63) is 65.7 Å². The summed E-state index contributed by atoms with van der Waals surface area (Å²) in [7, 11) is -4.21. The highest BCUT2D eigenvalue weighted by atomic mass is 32.2. The van der Waals surface area contributed by atoms with Gasteiger partial charge in [-0.15, -0.1) is 0 Å². The topological polar surface area (TPSA) is 104 Å². The Hall–Kier alpha value is -3.20. The summed E-state index contributed by atoms with van der Waals surface area (Å²) in [6, 6.07) is 14.3. The molecule has 1 atom stereocenters. The molecule has 1 unspecified atom stereocenters. The molecule has 1 N–H and O–H groups in total. The maximum absolute atomic E-state index is 13.4. The number of amides is 3. The number of piperazine rings is 1. The van der Waals surface area contributed by atoms with Gasteiger partial charge in [-0.3, -0.25) is 14.4 Å². The number of sulfone groups is 1. The lowest BCUT2D eigenvalue weighted by Gasteiger charge is -2.36. The summed E-state index contributed by atoms with van der Waals surface area (Å²) >= 11 is 0. The number of nitrogens with zero attached hydrogens (tertiary/aromatic N) is 2. The lowest BCUT2D eigenvalue weighted by molar-refractivity contribution is -0.139. The van der Waals surface area contributed by atoms with Crippen molar-refractivity contribution in [3.8, 4) is 0 Å². The van der Waals surface area contributed by atoms with Crippen molar-refractivity contribution in [2.75, 3.05) is 26.2 Å². The Labute approximate surface area is 188 Å². The minimum Gasteiger partial charge on any atom is -0.339 e. The molecule has 170 valence electrons. The summed E-state index contributed by atoms with van der Waals surface area (Å²) in [4.78, 5) is 41.0. The first kappa shape index (κ1) is 23.5. The molecule has 0 aliphatic carbocycles. The fraction of sp³-hybridized carbons (Fsp3) is 0.348. The number of benzene rings is 2. The second kappa shape index (κ2) is 9.95. The first-order chi connectivity index (χ1) is 15.2. The normalized spacial score (nSPS) is 15.2. The van der Waals surface area contributed by atoms with Gasteiger partial charge in [-0.25, -0.2) is 8.42 Å². The Kier molecular flexibility index (Phi) is 7.29. The van der Waals surface area contributed by atoms with E-state index < -0.39 is 27.0 Å². The van der Waals surface area contributed by atoms with E-state index in [-0.39, 0.29) is 29.5 Å². The average Bonchev–Trinajstić information content (AvgIpc) is 2.82. The van der Waals surface area contributed by atoms with Gasteiger partial charge in [0.15, 0.2) is 0 Å². The SMILES string of the molecule is CCC(=O)N1CCN(C(=O)C(NC(=O)c2ccccc2)S(=O)(=O)c2ccc(C)cc2)CC1. The van der Waals surface area contributed by atoms with Crippen LogP contribution in [0.4, 0.5) is 0 Å². The van der Waals surface area contributed by atoms with Gasteiger partial charge < -0.3 is 15.1 Å². The van der Waals surface area contributed by atoms with E-state index in [1.54, 1.807) is 54.3 Å². The molecule has 0 saturated carbocycles. The lowest BCUT2D eigenvalue weighted by atomic mass is 10.2. The number of carbonyl (C=O) groups excluding carboxylic acids is 3. The molecule has 0 spiro atoms. The molecule has 1 aliphatic heterocycles. The molecule has 0 bridgehead atoms. The second-order valence-electron chi connectivity index (χ2n) is 7.64. The summed E-state index contributed by atoms with van der Waals surface area (Å²) in [5.74, 6) is -1.38. The first-order valence-electron chi connectivity index (χ1n) is 10.5. The molecule has 0 aromatic heterocycles. The second-order valence-corrected chi connectivity index (χ2v) is 9.67. The van der Waals surface area contributed by atoms with Crippen LogP contribution in [0.3, 0.4) is 0 Å².